The number of ether oxygens (including phenoxy) is 2. The quantitative estimate of drug-likeness (QED) is 0.172. The molecule has 2 saturated heterocycles. The third kappa shape index (κ3) is 10.00. The molecule has 2 aliphatic heterocycles. The average molecular weight is 554 g/mol. The molecule has 2 fully saturated rings. The molecule has 2 aliphatic rings. The van der Waals surface area contributed by atoms with Crippen LogP contribution in [0.15, 0.2) is 0 Å². The van der Waals surface area contributed by atoms with Crippen LogP contribution in [0.25, 0.3) is 0 Å². The first-order valence-corrected chi connectivity index (χ1v) is 16.0. The number of hydrogen-bond acceptors (Lipinski definition) is 6. The lowest BCUT2D eigenvalue weighted by Crippen LogP contribution is -2.62. The Bertz CT molecular complexity index is 720. The van der Waals surface area contributed by atoms with Gasteiger partial charge in [0, 0.05) is 37.3 Å². The highest BCUT2D eigenvalue weighted by molar-refractivity contribution is 5.75. The lowest BCUT2D eigenvalue weighted by Gasteiger charge is -2.54. The van der Waals surface area contributed by atoms with E-state index in [-0.39, 0.29) is 18.1 Å². The van der Waals surface area contributed by atoms with Gasteiger partial charge in [0.2, 0.25) is 0 Å². The SMILES string of the molecule is CCCCCCCCCCCCCCCCC(C)(C(=O)O)C1(C)COC2(CC(C)N(OC(C)=O)C(C)C2)OC1. The van der Waals surface area contributed by atoms with E-state index in [4.69, 9.17) is 14.3 Å². The van der Waals surface area contributed by atoms with Crippen molar-refractivity contribution >= 4 is 11.9 Å². The van der Waals surface area contributed by atoms with Crippen LogP contribution in [0.2, 0.25) is 0 Å². The molecular weight excluding hydrogens is 494 g/mol. The minimum absolute atomic E-state index is 0.0524. The largest absolute Gasteiger partial charge is 0.481 e. The minimum atomic E-state index is -0.915. The van der Waals surface area contributed by atoms with Crippen LogP contribution in [0.3, 0.4) is 0 Å². The van der Waals surface area contributed by atoms with Crippen LogP contribution < -0.4 is 0 Å². The zero-order valence-electron chi connectivity index (χ0n) is 26.0. The summed E-state index contributed by atoms with van der Waals surface area (Å²) < 4.78 is 12.8. The highest BCUT2D eigenvalue weighted by Gasteiger charge is 2.57. The average Bonchev–Trinajstić information content (AvgIpc) is 2.88. The third-order valence-corrected chi connectivity index (χ3v) is 9.46. The standard InChI is InChI=1S/C32H59NO6/c1-7-8-9-10-11-12-13-14-15-16-17-18-19-20-21-31(6,29(35)36)30(5)24-37-32(38-25-30)22-26(2)33(27(3)23-32)39-28(4)34/h26-27H,7-25H2,1-6H3,(H,35,36). The molecule has 3 unspecified atom stereocenters. The highest BCUT2D eigenvalue weighted by atomic mass is 16.7. The number of rotatable bonds is 18. The summed E-state index contributed by atoms with van der Waals surface area (Å²) in [6.45, 7) is 12.2. The summed E-state index contributed by atoms with van der Waals surface area (Å²) in [6.07, 6.45) is 19.8. The summed E-state index contributed by atoms with van der Waals surface area (Å²) >= 11 is 0. The van der Waals surface area contributed by atoms with Crippen LogP contribution >= 0.6 is 0 Å². The molecule has 2 heterocycles. The second-order valence-corrected chi connectivity index (χ2v) is 13.1. The van der Waals surface area contributed by atoms with Gasteiger partial charge in [0.05, 0.1) is 18.6 Å². The molecule has 0 amide bonds. The van der Waals surface area contributed by atoms with Crippen LogP contribution in [0, 0.1) is 10.8 Å². The Labute approximate surface area is 238 Å². The van der Waals surface area contributed by atoms with Crippen molar-refractivity contribution in [3.63, 3.8) is 0 Å². The van der Waals surface area contributed by atoms with Crippen molar-refractivity contribution < 1.29 is 29.0 Å². The van der Waals surface area contributed by atoms with Gasteiger partial charge < -0.3 is 19.4 Å². The summed E-state index contributed by atoms with van der Waals surface area (Å²) in [5, 5.41) is 12.0. The summed E-state index contributed by atoms with van der Waals surface area (Å²) in [5.74, 6) is -1.86. The Morgan fingerprint density at radius 3 is 1.64 bits per heavy atom. The summed E-state index contributed by atoms with van der Waals surface area (Å²) in [7, 11) is 0. The molecule has 0 bridgehead atoms. The molecule has 7 heteroatoms. The number of carbonyl (C=O) groups excluding carboxylic acids is 1. The lowest BCUT2D eigenvalue weighted by molar-refractivity contribution is -0.354. The number of nitrogens with zero attached hydrogens (tertiary/aromatic N) is 1. The van der Waals surface area contributed by atoms with Gasteiger partial charge in [-0.05, 0) is 27.2 Å². The maximum Gasteiger partial charge on any atom is 0.322 e. The normalized spacial score (nSPS) is 29.3. The molecule has 0 aromatic rings. The van der Waals surface area contributed by atoms with Gasteiger partial charge in [-0.1, -0.05) is 104 Å². The summed E-state index contributed by atoms with van der Waals surface area (Å²) in [5.41, 5.74) is -1.53. The van der Waals surface area contributed by atoms with Gasteiger partial charge in [0.25, 0.3) is 0 Å². The monoisotopic (exact) mass is 553 g/mol. The molecule has 0 aliphatic carbocycles. The summed E-state index contributed by atoms with van der Waals surface area (Å²) in [4.78, 5) is 29.4. The predicted molar refractivity (Wildman–Crippen MR) is 155 cm³/mol. The molecule has 3 atom stereocenters. The van der Waals surface area contributed by atoms with E-state index in [1.165, 1.54) is 84.0 Å². The number of hydrogen-bond donors (Lipinski definition) is 1. The maximum atomic E-state index is 12.5. The molecule has 39 heavy (non-hydrogen) atoms. The van der Waals surface area contributed by atoms with E-state index in [2.05, 4.69) is 6.92 Å². The molecule has 228 valence electrons. The molecule has 1 N–H and O–H groups in total. The molecule has 0 aromatic heterocycles. The maximum absolute atomic E-state index is 12.5. The highest BCUT2D eigenvalue weighted by Crippen LogP contribution is 2.50. The van der Waals surface area contributed by atoms with E-state index in [9.17, 15) is 14.7 Å². The van der Waals surface area contributed by atoms with Gasteiger partial charge in [-0.15, -0.1) is 5.06 Å². The number of hydroxylamine groups is 2. The van der Waals surface area contributed by atoms with Gasteiger partial charge in [-0.2, -0.15) is 0 Å². The number of unbranched alkanes of at least 4 members (excludes halogenated alkanes) is 13. The Kier molecular flexibility index (Phi) is 14.2. The zero-order chi connectivity index (χ0) is 28.9. The van der Waals surface area contributed by atoms with E-state index >= 15 is 0 Å². The molecule has 7 nitrogen and oxygen atoms in total. The van der Waals surface area contributed by atoms with E-state index in [0.717, 1.165) is 12.8 Å². The Morgan fingerprint density at radius 1 is 0.846 bits per heavy atom. The molecule has 0 radical (unpaired) electrons. The molecule has 0 saturated carbocycles. The Morgan fingerprint density at radius 2 is 1.26 bits per heavy atom. The first-order chi connectivity index (χ1) is 18.5. The first kappa shape index (κ1) is 34.0. The topological polar surface area (TPSA) is 85.3 Å². The van der Waals surface area contributed by atoms with Crippen molar-refractivity contribution in [2.45, 2.75) is 169 Å². The predicted octanol–water partition coefficient (Wildman–Crippen LogP) is 8.05. The van der Waals surface area contributed by atoms with Gasteiger partial charge in [-0.3, -0.25) is 9.59 Å². The zero-order valence-corrected chi connectivity index (χ0v) is 26.0. The third-order valence-electron chi connectivity index (χ3n) is 9.46. The van der Waals surface area contributed by atoms with Crippen LogP contribution in [0.5, 0.6) is 0 Å². The van der Waals surface area contributed by atoms with Gasteiger partial charge >= 0.3 is 11.9 Å². The van der Waals surface area contributed by atoms with Crippen molar-refractivity contribution in [3.05, 3.63) is 0 Å². The fraction of sp³-hybridized carbons (Fsp3) is 0.938. The number of piperidine rings is 1. The van der Waals surface area contributed by atoms with Crippen molar-refractivity contribution in [2.24, 2.45) is 10.8 Å². The van der Waals surface area contributed by atoms with Gasteiger partial charge in [0.15, 0.2) is 5.79 Å². The van der Waals surface area contributed by atoms with E-state index in [1.54, 1.807) is 5.06 Å². The summed E-state index contributed by atoms with van der Waals surface area (Å²) in [6, 6.07) is -0.105. The Hall–Kier alpha value is -1.18. The first-order valence-electron chi connectivity index (χ1n) is 16.0. The molecule has 0 aromatic carbocycles. The molecule has 2 rings (SSSR count). The van der Waals surface area contributed by atoms with Gasteiger partial charge in [-0.25, -0.2) is 0 Å². The van der Waals surface area contributed by atoms with Crippen molar-refractivity contribution in [3.8, 4) is 0 Å². The van der Waals surface area contributed by atoms with E-state index in [1.807, 2.05) is 27.7 Å². The Balaban J connectivity index is 1.71. The minimum Gasteiger partial charge on any atom is -0.481 e. The number of carboxylic acids is 1. The van der Waals surface area contributed by atoms with Crippen LogP contribution in [-0.2, 0) is 23.9 Å². The number of carboxylic acid groups (broad SMARTS) is 1. The smallest absolute Gasteiger partial charge is 0.322 e. The van der Waals surface area contributed by atoms with Crippen molar-refractivity contribution in [1.82, 2.24) is 5.06 Å². The molecular formula is C32H59NO6. The number of aliphatic carboxylic acids is 1. The number of carbonyl (C=O) groups is 2. The van der Waals surface area contributed by atoms with Crippen LogP contribution in [0.1, 0.15) is 151 Å². The van der Waals surface area contributed by atoms with Crippen LogP contribution in [-0.4, -0.2) is 53.2 Å². The second-order valence-electron chi connectivity index (χ2n) is 13.1. The van der Waals surface area contributed by atoms with Crippen molar-refractivity contribution in [2.75, 3.05) is 13.2 Å². The lowest BCUT2D eigenvalue weighted by atomic mass is 9.63. The second kappa shape index (κ2) is 16.3. The fourth-order valence-corrected chi connectivity index (χ4v) is 6.49. The van der Waals surface area contributed by atoms with E-state index < -0.39 is 22.6 Å². The van der Waals surface area contributed by atoms with Crippen LogP contribution in [0.4, 0.5) is 0 Å². The van der Waals surface area contributed by atoms with Crippen molar-refractivity contribution in [1.29, 1.82) is 0 Å². The fourth-order valence-electron chi connectivity index (χ4n) is 6.49. The molecule has 1 spiro atoms. The van der Waals surface area contributed by atoms with E-state index in [0.29, 0.717) is 32.5 Å². The van der Waals surface area contributed by atoms with Gasteiger partial charge in [0.1, 0.15) is 0 Å².